The fraction of sp³-hybridized carbons (Fsp3) is 0.143. The molecule has 0 aliphatic carbocycles. The number of carbonyl (C=O) groups excluding carboxylic acids is 1. The van der Waals surface area contributed by atoms with Gasteiger partial charge in [-0.3, -0.25) is 14.0 Å². The van der Waals surface area contributed by atoms with Crippen molar-refractivity contribution in [2.75, 3.05) is 16.8 Å². The van der Waals surface area contributed by atoms with Crippen LogP contribution in [0, 0.1) is 6.92 Å². The molecule has 1 aromatic heterocycles. The zero-order chi connectivity index (χ0) is 14.5. The number of aromatic nitrogens is 1. The van der Waals surface area contributed by atoms with Gasteiger partial charge < -0.3 is 11.1 Å². The molecular weight excluding hydrogens is 274 g/mol. The molecular formula is C14H15N3O2S. The number of hydrogen-bond donors (Lipinski definition) is 2. The van der Waals surface area contributed by atoms with Crippen molar-refractivity contribution in [3.05, 3.63) is 48.3 Å². The van der Waals surface area contributed by atoms with Crippen LogP contribution in [-0.2, 0) is 15.6 Å². The number of nitrogens with one attached hydrogen (secondary N) is 1. The van der Waals surface area contributed by atoms with Crippen molar-refractivity contribution in [2.24, 2.45) is 0 Å². The maximum atomic E-state index is 12.1. The maximum Gasteiger partial charge on any atom is 0.237 e. The number of benzene rings is 1. The molecule has 0 fully saturated rings. The summed E-state index contributed by atoms with van der Waals surface area (Å²) in [7, 11) is -1.48. The molecule has 0 aliphatic rings. The van der Waals surface area contributed by atoms with Crippen LogP contribution in [0.25, 0.3) is 0 Å². The molecule has 104 valence electrons. The first-order chi connectivity index (χ1) is 9.56. The molecule has 2 aromatic rings. The Morgan fingerprint density at radius 1 is 1.40 bits per heavy atom. The van der Waals surface area contributed by atoms with Crippen LogP contribution in [0.15, 0.2) is 47.6 Å². The predicted molar refractivity (Wildman–Crippen MR) is 79.7 cm³/mol. The lowest BCUT2D eigenvalue weighted by Gasteiger charge is -2.07. The summed E-state index contributed by atoms with van der Waals surface area (Å²) in [6.45, 7) is 1.94. The van der Waals surface area contributed by atoms with Crippen LogP contribution >= 0.6 is 0 Å². The third kappa shape index (κ3) is 3.64. The molecule has 0 saturated carbocycles. The van der Waals surface area contributed by atoms with Gasteiger partial charge in [0.2, 0.25) is 5.91 Å². The van der Waals surface area contributed by atoms with Crippen LogP contribution in [0.3, 0.4) is 0 Å². The van der Waals surface area contributed by atoms with E-state index >= 15 is 0 Å². The zero-order valence-corrected chi connectivity index (χ0v) is 11.8. The van der Waals surface area contributed by atoms with Gasteiger partial charge in [0.15, 0.2) is 0 Å². The summed E-state index contributed by atoms with van der Waals surface area (Å²) in [6.07, 6.45) is 2.92. The van der Waals surface area contributed by atoms with Crippen molar-refractivity contribution in [3.8, 4) is 0 Å². The number of amides is 1. The molecule has 1 unspecified atom stereocenters. The second-order valence-corrected chi connectivity index (χ2v) is 5.74. The van der Waals surface area contributed by atoms with Gasteiger partial charge in [0.1, 0.15) is 5.75 Å². The normalized spacial score (nSPS) is 11.8. The fourth-order valence-corrected chi connectivity index (χ4v) is 2.71. The van der Waals surface area contributed by atoms with Crippen LogP contribution in [-0.4, -0.2) is 20.9 Å². The van der Waals surface area contributed by atoms with E-state index in [-0.39, 0.29) is 11.7 Å². The van der Waals surface area contributed by atoms with Crippen LogP contribution in [0.2, 0.25) is 0 Å². The van der Waals surface area contributed by atoms with E-state index in [0.717, 1.165) is 5.56 Å². The van der Waals surface area contributed by atoms with Crippen LogP contribution in [0.5, 0.6) is 0 Å². The molecule has 5 nitrogen and oxygen atoms in total. The summed E-state index contributed by atoms with van der Waals surface area (Å²) in [4.78, 5) is 16.1. The quantitative estimate of drug-likeness (QED) is 0.897. The first kappa shape index (κ1) is 14.2. The van der Waals surface area contributed by atoms with Crippen molar-refractivity contribution in [2.45, 2.75) is 11.8 Å². The lowest BCUT2D eigenvalue weighted by Crippen LogP contribution is -2.20. The van der Waals surface area contributed by atoms with E-state index in [1.807, 2.05) is 25.1 Å². The highest BCUT2D eigenvalue weighted by atomic mass is 32.2. The van der Waals surface area contributed by atoms with Gasteiger partial charge in [-0.05, 0) is 30.7 Å². The number of pyridine rings is 1. The highest BCUT2D eigenvalue weighted by Gasteiger charge is 2.13. The minimum Gasteiger partial charge on any atom is -0.396 e. The molecule has 3 N–H and O–H groups in total. The van der Waals surface area contributed by atoms with Gasteiger partial charge in [-0.15, -0.1) is 0 Å². The average Bonchev–Trinajstić information content (AvgIpc) is 2.38. The predicted octanol–water partition coefficient (Wildman–Crippen LogP) is 1.72. The number of carbonyl (C=O) groups is 1. The molecule has 0 aliphatic heterocycles. The van der Waals surface area contributed by atoms with E-state index in [2.05, 4.69) is 10.3 Å². The molecule has 0 spiro atoms. The largest absolute Gasteiger partial charge is 0.396 e. The Balaban J connectivity index is 2.02. The third-order valence-electron chi connectivity index (χ3n) is 2.62. The molecule has 6 heteroatoms. The molecule has 1 atom stereocenters. The topological polar surface area (TPSA) is 85.1 Å². The highest BCUT2D eigenvalue weighted by molar-refractivity contribution is 7.86. The van der Waals surface area contributed by atoms with Gasteiger partial charge in [-0.2, -0.15) is 0 Å². The Hall–Kier alpha value is -2.21. The van der Waals surface area contributed by atoms with Gasteiger partial charge in [0.25, 0.3) is 0 Å². The van der Waals surface area contributed by atoms with E-state index in [1.54, 1.807) is 12.1 Å². The third-order valence-corrected chi connectivity index (χ3v) is 4.01. The van der Waals surface area contributed by atoms with Gasteiger partial charge in [0.05, 0.1) is 27.6 Å². The SMILES string of the molecule is Cc1cccc(NC(=O)CS(=O)c2ccncc2N)c1. The minimum atomic E-state index is -1.48. The minimum absolute atomic E-state index is 0.137. The van der Waals surface area contributed by atoms with Crippen LogP contribution < -0.4 is 11.1 Å². The standard InChI is InChI=1S/C14H15N3O2S/c1-10-3-2-4-11(7-10)17-14(18)9-20(19)13-5-6-16-8-12(13)15/h2-8H,9,15H2,1H3,(H,17,18). The summed E-state index contributed by atoms with van der Waals surface area (Å²) in [5, 5.41) is 2.71. The smallest absolute Gasteiger partial charge is 0.237 e. The molecule has 1 heterocycles. The molecule has 0 saturated heterocycles. The molecule has 0 bridgehead atoms. The molecule has 1 amide bonds. The number of nitrogens with zero attached hydrogens (tertiary/aromatic N) is 1. The average molecular weight is 289 g/mol. The summed E-state index contributed by atoms with van der Waals surface area (Å²) in [5.41, 5.74) is 7.74. The Morgan fingerprint density at radius 2 is 2.20 bits per heavy atom. The van der Waals surface area contributed by atoms with Gasteiger partial charge in [-0.25, -0.2) is 0 Å². The van der Waals surface area contributed by atoms with Crippen LogP contribution in [0.4, 0.5) is 11.4 Å². The van der Waals surface area contributed by atoms with Gasteiger partial charge in [0, 0.05) is 11.9 Å². The summed E-state index contributed by atoms with van der Waals surface area (Å²) < 4.78 is 12.1. The Morgan fingerprint density at radius 3 is 2.90 bits per heavy atom. The van der Waals surface area contributed by atoms with E-state index in [4.69, 9.17) is 5.73 Å². The fourth-order valence-electron chi connectivity index (χ4n) is 1.72. The lowest BCUT2D eigenvalue weighted by molar-refractivity contribution is -0.113. The van der Waals surface area contributed by atoms with E-state index in [9.17, 15) is 9.00 Å². The first-order valence-corrected chi connectivity index (χ1v) is 7.32. The number of nitrogen functional groups attached to an aromatic ring is 1. The lowest BCUT2D eigenvalue weighted by atomic mass is 10.2. The first-order valence-electron chi connectivity index (χ1n) is 6.00. The number of hydrogen-bond acceptors (Lipinski definition) is 4. The van der Waals surface area contributed by atoms with Gasteiger partial charge >= 0.3 is 0 Å². The number of aryl methyl sites for hydroxylation is 1. The molecule has 20 heavy (non-hydrogen) atoms. The number of rotatable bonds is 4. The van der Waals surface area contributed by atoms with Crippen LogP contribution in [0.1, 0.15) is 5.56 Å². The second-order valence-electron chi connectivity index (χ2n) is 4.32. The summed E-state index contributed by atoms with van der Waals surface area (Å²) >= 11 is 0. The van der Waals surface area contributed by atoms with E-state index in [0.29, 0.717) is 16.3 Å². The Bertz CT molecular complexity index is 658. The van der Waals surface area contributed by atoms with E-state index < -0.39 is 10.8 Å². The highest BCUT2D eigenvalue weighted by Crippen LogP contribution is 2.15. The summed E-state index contributed by atoms with van der Waals surface area (Å²) in [5.74, 6) is -0.451. The molecule has 0 radical (unpaired) electrons. The Kier molecular flexibility index (Phi) is 4.47. The molecule has 1 aromatic carbocycles. The van der Waals surface area contributed by atoms with Crippen molar-refractivity contribution >= 4 is 28.1 Å². The number of nitrogens with two attached hydrogens (primary N) is 1. The van der Waals surface area contributed by atoms with Crippen molar-refractivity contribution in [3.63, 3.8) is 0 Å². The number of anilines is 2. The van der Waals surface area contributed by atoms with E-state index in [1.165, 1.54) is 12.4 Å². The maximum absolute atomic E-state index is 12.1. The van der Waals surface area contributed by atoms with Crippen molar-refractivity contribution in [1.82, 2.24) is 4.98 Å². The van der Waals surface area contributed by atoms with Crippen molar-refractivity contribution in [1.29, 1.82) is 0 Å². The summed E-state index contributed by atoms with van der Waals surface area (Å²) in [6, 6.07) is 8.98. The Labute approximate surface area is 119 Å². The van der Waals surface area contributed by atoms with Crippen molar-refractivity contribution < 1.29 is 9.00 Å². The monoisotopic (exact) mass is 289 g/mol. The molecule has 2 rings (SSSR count). The van der Waals surface area contributed by atoms with Gasteiger partial charge in [-0.1, -0.05) is 12.1 Å². The zero-order valence-electron chi connectivity index (χ0n) is 11.0. The second kappa shape index (κ2) is 6.29.